The second-order valence-electron chi connectivity index (χ2n) is 3.04. The number of anilines is 1. The van der Waals surface area contributed by atoms with Gasteiger partial charge in [-0.05, 0) is 18.6 Å². The highest BCUT2D eigenvalue weighted by molar-refractivity contribution is 5.73. The summed E-state index contributed by atoms with van der Waals surface area (Å²) in [5.74, 6) is -0.297. The van der Waals surface area contributed by atoms with Gasteiger partial charge in [0.1, 0.15) is 11.8 Å². The predicted octanol–water partition coefficient (Wildman–Crippen LogP) is 0.631. The summed E-state index contributed by atoms with van der Waals surface area (Å²) < 4.78 is 0. The molecule has 0 aliphatic carbocycles. The Morgan fingerprint density at radius 3 is 2.93 bits per heavy atom. The molecule has 15 heavy (non-hydrogen) atoms. The molecule has 0 saturated carbocycles. The van der Waals surface area contributed by atoms with Crippen molar-refractivity contribution in [3.63, 3.8) is 0 Å². The van der Waals surface area contributed by atoms with E-state index in [0.717, 1.165) is 5.69 Å². The summed E-state index contributed by atoms with van der Waals surface area (Å²) in [6.45, 7) is 0.663. The molecule has 1 aromatic rings. The molecule has 1 heterocycles. The fraction of sp³-hybridized carbons (Fsp3) is 0.300. The highest BCUT2D eigenvalue weighted by Crippen LogP contribution is 2.05. The minimum absolute atomic E-state index is 0.297. The van der Waals surface area contributed by atoms with Crippen LogP contribution in [0.15, 0.2) is 18.3 Å². The number of pyridine rings is 1. The zero-order chi connectivity index (χ0) is 11.1. The van der Waals surface area contributed by atoms with Crippen LogP contribution in [-0.2, 0) is 4.79 Å². The molecule has 1 aromatic heterocycles. The number of nitrogens with one attached hydrogen (secondary N) is 1. The van der Waals surface area contributed by atoms with E-state index in [0.29, 0.717) is 25.1 Å². The van der Waals surface area contributed by atoms with Gasteiger partial charge in [0.25, 0.3) is 0 Å². The summed E-state index contributed by atoms with van der Waals surface area (Å²) in [6, 6.07) is 5.35. The number of nitriles is 1. The molecule has 0 saturated heterocycles. The fourth-order valence-electron chi connectivity index (χ4n) is 1.06. The van der Waals surface area contributed by atoms with Crippen molar-refractivity contribution in [2.45, 2.75) is 12.8 Å². The van der Waals surface area contributed by atoms with E-state index in [-0.39, 0.29) is 5.91 Å². The first-order chi connectivity index (χ1) is 7.22. The molecule has 5 heteroatoms. The van der Waals surface area contributed by atoms with Crippen LogP contribution in [0, 0.1) is 11.3 Å². The van der Waals surface area contributed by atoms with Gasteiger partial charge in [0.15, 0.2) is 0 Å². The molecule has 1 amide bonds. The lowest BCUT2D eigenvalue weighted by atomic mass is 10.3. The normalized spacial score (nSPS) is 9.27. The van der Waals surface area contributed by atoms with Crippen molar-refractivity contribution in [2.75, 3.05) is 11.9 Å². The first-order valence-corrected chi connectivity index (χ1v) is 4.60. The summed E-state index contributed by atoms with van der Waals surface area (Å²) in [6.07, 6.45) is 2.65. The van der Waals surface area contributed by atoms with Gasteiger partial charge in [-0.1, -0.05) is 0 Å². The van der Waals surface area contributed by atoms with Crippen LogP contribution in [0.2, 0.25) is 0 Å². The van der Waals surface area contributed by atoms with Gasteiger partial charge in [-0.15, -0.1) is 0 Å². The summed E-state index contributed by atoms with van der Waals surface area (Å²) in [5, 5.41) is 11.6. The Morgan fingerprint density at radius 2 is 2.40 bits per heavy atom. The third-order valence-electron chi connectivity index (χ3n) is 1.81. The number of hydrogen-bond donors (Lipinski definition) is 2. The highest BCUT2D eigenvalue weighted by atomic mass is 16.1. The molecule has 0 radical (unpaired) electrons. The third kappa shape index (κ3) is 4.09. The maximum atomic E-state index is 10.4. The van der Waals surface area contributed by atoms with Crippen LogP contribution in [0.5, 0.6) is 0 Å². The lowest BCUT2D eigenvalue weighted by molar-refractivity contribution is -0.118. The first-order valence-electron chi connectivity index (χ1n) is 4.60. The Hall–Kier alpha value is -2.09. The van der Waals surface area contributed by atoms with E-state index in [1.807, 2.05) is 6.07 Å². The average molecular weight is 204 g/mol. The van der Waals surface area contributed by atoms with Crippen LogP contribution in [0.3, 0.4) is 0 Å². The molecular formula is C10H12N4O. The molecule has 0 spiro atoms. The topological polar surface area (TPSA) is 91.8 Å². The van der Waals surface area contributed by atoms with E-state index >= 15 is 0 Å². The summed E-state index contributed by atoms with van der Waals surface area (Å²) in [7, 11) is 0. The molecule has 0 atom stereocenters. The third-order valence-corrected chi connectivity index (χ3v) is 1.81. The van der Waals surface area contributed by atoms with Gasteiger partial charge in [-0.25, -0.2) is 4.98 Å². The van der Waals surface area contributed by atoms with Crippen molar-refractivity contribution in [1.29, 1.82) is 5.26 Å². The van der Waals surface area contributed by atoms with E-state index in [2.05, 4.69) is 10.3 Å². The Bertz CT molecular complexity index is 366. The van der Waals surface area contributed by atoms with Gasteiger partial charge in [0, 0.05) is 13.0 Å². The van der Waals surface area contributed by atoms with Crippen molar-refractivity contribution in [1.82, 2.24) is 4.98 Å². The molecule has 0 bridgehead atoms. The Balaban J connectivity index is 2.32. The van der Waals surface area contributed by atoms with Gasteiger partial charge >= 0.3 is 0 Å². The molecule has 1 rings (SSSR count). The van der Waals surface area contributed by atoms with E-state index in [1.165, 1.54) is 0 Å². The van der Waals surface area contributed by atoms with Crippen molar-refractivity contribution >= 4 is 11.6 Å². The number of rotatable bonds is 5. The molecule has 3 N–H and O–H groups in total. The van der Waals surface area contributed by atoms with Crippen LogP contribution < -0.4 is 11.1 Å². The maximum absolute atomic E-state index is 10.4. The molecule has 0 aromatic carbocycles. The van der Waals surface area contributed by atoms with E-state index in [1.54, 1.807) is 18.3 Å². The summed E-state index contributed by atoms with van der Waals surface area (Å²) in [5.41, 5.74) is 6.21. The zero-order valence-corrected chi connectivity index (χ0v) is 8.23. The summed E-state index contributed by atoms with van der Waals surface area (Å²) in [4.78, 5) is 14.3. The molecule has 78 valence electrons. The molecule has 0 fully saturated rings. The fourth-order valence-corrected chi connectivity index (χ4v) is 1.06. The van der Waals surface area contributed by atoms with Gasteiger partial charge in [0.05, 0.1) is 11.9 Å². The predicted molar refractivity (Wildman–Crippen MR) is 55.9 cm³/mol. The Morgan fingerprint density at radius 1 is 1.60 bits per heavy atom. The minimum Gasteiger partial charge on any atom is -0.384 e. The van der Waals surface area contributed by atoms with Gasteiger partial charge < -0.3 is 11.1 Å². The Labute approximate surface area is 87.9 Å². The zero-order valence-electron chi connectivity index (χ0n) is 8.23. The molecular weight excluding hydrogens is 192 g/mol. The van der Waals surface area contributed by atoms with E-state index in [9.17, 15) is 4.79 Å². The van der Waals surface area contributed by atoms with Crippen LogP contribution in [-0.4, -0.2) is 17.4 Å². The Kier molecular flexibility index (Phi) is 4.10. The SMILES string of the molecule is N#Cc1ccc(NCCCC(N)=O)cn1. The number of aromatic nitrogens is 1. The molecule has 0 aliphatic heterocycles. The molecule has 0 unspecified atom stereocenters. The number of nitrogens with two attached hydrogens (primary N) is 1. The van der Waals surface area contributed by atoms with Crippen molar-refractivity contribution in [3.05, 3.63) is 24.0 Å². The number of carbonyl (C=O) groups is 1. The number of nitrogens with zero attached hydrogens (tertiary/aromatic N) is 2. The smallest absolute Gasteiger partial charge is 0.217 e. The largest absolute Gasteiger partial charge is 0.384 e. The number of amides is 1. The number of hydrogen-bond acceptors (Lipinski definition) is 4. The number of carbonyl (C=O) groups excluding carboxylic acids is 1. The van der Waals surface area contributed by atoms with Crippen molar-refractivity contribution in [3.8, 4) is 6.07 Å². The second-order valence-corrected chi connectivity index (χ2v) is 3.04. The quantitative estimate of drug-likeness (QED) is 0.688. The molecule has 5 nitrogen and oxygen atoms in total. The first kappa shape index (κ1) is 11.0. The van der Waals surface area contributed by atoms with Crippen LogP contribution >= 0.6 is 0 Å². The van der Waals surface area contributed by atoms with Crippen molar-refractivity contribution < 1.29 is 4.79 Å². The molecule has 0 aliphatic rings. The lowest BCUT2D eigenvalue weighted by Gasteiger charge is -2.04. The van der Waals surface area contributed by atoms with Gasteiger partial charge in [0.2, 0.25) is 5.91 Å². The van der Waals surface area contributed by atoms with Crippen LogP contribution in [0.4, 0.5) is 5.69 Å². The monoisotopic (exact) mass is 204 g/mol. The van der Waals surface area contributed by atoms with Gasteiger partial charge in [-0.2, -0.15) is 5.26 Å². The van der Waals surface area contributed by atoms with Crippen molar-refractivity contribution in [2.24, 2.45) is 5.73 Å². The minimum atomic E-state index is -0.297. The second kappa shape index (κ2) is 5.60. The average Bonchev–Trinajstić information content (AvgIpc) is 2.25. The van der Waals surface area contributed by atoms with Crippen LogP contribution in [0.25, 0.3) is 0 Å². The lowest BCUT2D eigenvalue weighted by Crippen LogP contribution is -2.12. The summed E-state index contributed by atoms with van der Waals surface area (Å²) >= 11 is 0. The van der Waals surface area contributed by atoms with E-state index < -0.39 is 0 Å². The number of primary amides is 1. The maximum Gasteiger partial charge on any atom is 0.217 e. The van der Waals surface area contributed by atoms with Crippen LogP contribution in [0.1, 0.15) is 18.5 Å². The highest BCUT2D eigenvalue weighted by Gasteiger charge is 1.96. The van der Waals surface area contributed by atoms with E-state index in [4.69, 9.17) is 11.0 Å². The standard InChI is InChI=1S/C10H12N4O/c11-6-8-3-4-9(7-14-8)13-5-1-2-10(12)15/h3-4,7,13H,1-2,5H2,(H2,12,15). The van der Waals surface area contributed by atoms with Gasteiger partial charge in [-0.3, -0.25) is 4.79 Å².